The molecule has 9 heteroatoms. The zero-order valence-corrected chi connectivity index (χ0v) is 17.3. The number of anilines is 3. The molecule has 0 radical (unpaired) electrons. The molecule has 1 saturated heterocycles. The van der Waals surface area contributed by atoms with Crippen LogP contribution in [0, 0.1) is 12.7 Å². The summed E-state index contributed by atoms with van der Waals surface area (Å²) in [6.45, 7) is 3.34. The Labute approximate surface area is 175 Å². The van der Waals surface area contributed by atoms with E-state index in [1.54, 1.807) is 0 Å². The van der Waals surface area contributed by atoms with Crippen molar-refractivity contribution in [2.45, 2.75) is 11.8 Å². The van der Waals surface area contributed by atoms with Crippen molar-refractivity contribution in [2.24, 2.45) is 0 Å². The number of nitrogens with one attached hydrogen (secondary N) is 1. The predicted octanol–water partition coefficient (Wildman–Crippen LogP) is 3.18. The first-order valence-electron chi connectivity index (χ1n) is 9.60. The standard InChI is InChI=1S/C21H22FN5O2S/c1-16-14-20(24-18-7-3-2-4-8-18)25-21(23-16)26-10-12-27(13-11-26)30(28,29)19-9-5-6-17(22)15-19/h2-9,14-15H,10-13H2,1H3,(H,23,24,25). The summed E-state index contributed by atoms with van der Waals surface area (Å²) in [6, 6.07) is 16.7. The highest BCUT2D eigenvalue weighted by Gasteiger charge is 2.29. The molecule has 2 heterocycles. The third kappa shape index (κ3) is 4.42. The molecule has 4 rings (SSSR count). The number of aromatic nitrogens is 2. The monoisotopic (exact) mass is 427 g/mol. The third-order valence-corrected chi connectivity index (χ3v) is 6.74. The van der Waals surface area contributed by atoms with Gasteiger partial charge in [0.2, 0.25) is 16.0 Å². The van der Waals surface area contributed by atoms with Crippen molar-refractivity contribution in [1.82, 2.24) is 14.3 Å². The Morgan fingerprint density at radius 1 is 0.933 bits per heavy atom. The number of rotatable bonds is 5. The number of nitrogens with zero attached hydrogens (tertiary/aromatic N) is 4. The Hall–Kier alpha value is -3.04. The Morgan fingerprint density at radius 2 is 1.67 bits per heavy atom. The van der Waals surface area contributed by atoms with Gasteiger partial charge in [-0.15, -0.1) is 0 Å². The van der Waals surface area contributed by atoms with Crippen LogP contribution in [-0.4, -0.2) is 48.9 Å². The fraction of sp³-hybridized carbons (Fsp3) is 0.238. The van der Waals surface area contributed by atoms with Gasteiger partial charge < -0.3 is 10.2 Å². The average Bonchev–Trinajstić information content (AvgIpc) is 2.74. The lowest BCUT2D eigenvalue weighted by Gasteiger charge is -2.34. The van der Waals surface area contributed by atoms with Gasteiger partial charge in [0, 0.05) is 43.6 Å². The number of halogens is 1. The van der Waals surface area contributed by atoms with Gasteiger partial charge in [0.1, 0.15) is 11.6 Å². The van der Waals surface area contributed by atoms with E-state index in [4.69, 9.17) is 0 Å². The summed E-state index contributed by atoms with van der Waals surface area (Å²) in [5.74, 6) is 0.663. The molecule has 0 aliphatic carbocycles. The maximum absolute atomic E-state index is 13.5. The SMILES string of the molecule is Cc1cc(Nc2ccccc2)nc(N2CCN(S(=O)(=O)c3cccc(F)c3)CC2)n1. The lowest BCUT2D eigenvalue weighted by molar-refractivity contribution is 0.382. The molecular formula is C21H22FN5O2S. The van der Waals surface area contributed by atoms with E-state index in [1.807, 2.05) is 48.2 Å². The smallest absolute Gasteiger partial charge is 0.243 e. The molecule has 1 fully saturated rings. The second kappa shape index (κ2) is 8.37. The van der Waals surface area contributed by atoms with E-state index in [9.17, 15) is 12.8 Å². The van der Waals surface area contributed by atoms with Gasteiger partial charge in [-0.1, -0.05) is 24.3 Å². The molecule has 7 nitrogen and oxygen atoms in total. The minimum absolute atomic E-state index is 0.0305. The first-order chi connectivity index (χ1) is 14.4. The Morgan fingerprint density at radius 3 is 2.37 bits per heavy atom. The number of aryl methyl sites for hydroxylation is 1. The van der Waals surface area contributed by atoms with Crippen molar-refractivity contribution in [2.75, 3.05) is 36.4 Å². The van der Waals surface area contributed by atoms with Crippen LogP contribution in [0.5, 0.6) is 0 Å². The summed E-state index contributed by atoms with van der Waals surface area (Å²) < 4.78 is 40.4. The van der Waals surface area contributed by atoms with Crippen molar-refractivity contribution in [3.8, 4) is 0 Å². The van der Waals surface area contributed by atoms with Gasteiger partial charge in [0.05, 0.1) is 4.90 Å². The number of hydrogen-bond donors (Lipinski definition) is 1. The van der Waals surface area contributed by atoms with Gasteiger partial charge in [-0.3, -0.25) is 0 Å². The van der Waals surface area contributed by atoms with E-state index in [0.717, 1.165) is 17.4 Å². The molecule has 30 heavy (non-hydrogen) atoms. The normalized spacial score (nSPS) is 15.2. The van der Waals surface area contributed by atoms with Crippen LogP contribution in [0.15, 0.2) is 65.6 Å². The van der Waals surface area contributed by atoms with Crippen LogP contribution >= 0.6 is 0 Å². The summed E-state index contributed by atoms with van der Waals surface area (Å²) in [7, 11) is -3.73. The molecule has 0 amide bonds. The molecule has 1 N–H and O–H groups in total. The Kier molecular flexibility index (Phi) is 5.65. The van der Waals surface area contributed by atoms with Gasteiger partial charge in [-0.2, -0.15) is 9.29 Å². The van der Waals surface area contributed by atoms with Gasteiger partial charge in [0.15, 0.2) is 0 Å². The third-order valence-electron chi connectivity index (χ3n) is 4.84. The van der Waals surface area contributed by atoms with Gasteiger partial charge in [0.25, 0.3) is 0 Å². The van der Waals surface area contributed by atoms with Gasteiger partial charge in [-0.25, -0.2) is 17.8 Å². The molecule has 1 aliphatic heterocycles. The summed E-state index contributed by atoms with van der Waals surface area (Å²) in [4.78, 5) is 11.0. The second-order valence-electron chi connectivity index (χ2n) is 7.03. The van der Waals surface area contributed by atoms with Crippen molar-refractivity contribution in [3.63, 3.8) is 0 Å². The van der Waals surface area contributed by atoms with E-state index in [1.165, 1.54) is 22.5 Å². The van der Waals surface area contributed by atoms with E-state index >= 15 is 0 Å². The molecule has 0 bridgehead atoms. The minimum Gasteiger partial charge on any atom is -0.340 e. The lowest BCUT2D eigenvalue weighted by Crippen LogP contribution is -2.49. The van der Waals surface area contributed by atoms with E-state index in [2.05, 4.69) is 15.3 Å². The van der Waals surface area contributed by atoms with E-state index in [0.29, 0.717) is 24.9 Å². The van der Waals surface area contributed by atoms with Crippen molar-refractivity contribution in [1.29, 1.82) is 0 Å². The van der Waals surface area contributed by atoms with Gasteiger partial charge in [-0.05, 0) is 37.3 Å². The topological polar surface area (TPSA) is 78.4 Å². The molecule has 3 aromatic rings. The van der Waals surface area contributed by atoms with Crippen LogP contribution in [0.25, 0.3) is 0 Å². The highest BCUT2D eigenvalue weighted by molar-refractivity contribution is 7.89. The van der Waals surface area contributed by atoms with Gasteiger partial charge >= 0.3 is 0 Å². The maximum Gasteiger partial charge on any atom is 0.243 e. The lowest BCUT2D eigenvalue weighted by atomic mass is 10.3. The number of benzene rings is 2. The van der Waals surface area contributed by atoms with Crippen LogP contribution in [0.4, 0.5) is 21.8 Å². The molecule has 0 spiro atoms. The maximum atomic E-state index is 13.5. The van der Waals surface area contributed by atoms with E-state index in [-0.39, 0.29) is 18.0 Å². The molecular weight excluding hydrogens is 405 g/mol. The van der Waals surface area contributed by atoms with Crippen LogP contribution in [0.1, 0.15) is 5.69 Å². The van der Waals surface area contributed by atoms with Crippen LogP contribution in [-0.2, 0) is 10.0 Å². The summed E-state index contributed by atoms with van der Waals surface area (Å²) in [6.07, 6.45) is 0. The number of piperazine rings is 1. The highest BCUT2D eigenvalue weighted by Crippen LogP contribution is 2.22. The summed E-state index contributed by atoms with van der Waals surface area (Å²) in [5.41, 5.74) is 1.74. The molecule has 0 atom stereocenters. The van der Waals surface area contributed by atoms with Crippen LogP contribution in [0.3, 0.4) is 0 Å². The van der Waals surface area contributed by atoms with Crippen LogP contribution in [0.2, 0.25) is 0 Å². The summed E-state index contributed by atoms with van der Waals surface area (Å²) in [5, 5.41) is 3.26. The molecule has 0 unspecified atom stereocenters. The molecule has 1 aromatic heterocycles. The fourth-order valence-electron chi connectivity index (χ4n) is 3.33. The first kappa shape index (κ1) is 20.2. The quantitative estimate of drug-likeness (QED) is 0.674. The highest BCUT2D eigenvalue weighted by atomic mass is 32.2. The van der Waals surface area contributed by atoms with Crippen LogP contribution < -0.4 is 10.2 Å². The predicted molar refractivity (Wildman–Crippen MR) is 114 cm³/mol. The second-order valence-corrected chi connectivity index (χ2v) is 8.97. The zero-order valence-electron chi connectivity index (χ0n) is 16.5. The largest absolute Gasteiger partial charge is 0.340 e. The summed E-state index contributed by atoms with van der Waals surface area (Å²) >= 11 is 0. The Balaban J connectivity index is 1.47. The molecule has 0 saturated carbocycles. The van der Waals surface area contributed by atoms with E-state index < -0.39 is 15.8 Å². The van der Waals surface area contributed by atoms with Crippen molar-refractivity contribution in [3.05, 3.63) is 72.2 Å². The number of sulfonamides is 1. The Bertz CT molecular complexity index is 1130. The molecule has 156 valence electrons. The molecule has 1 aliphatic rings. The molecule has 2 aromatic carbocycles. The van der Waals surface area contributed by atoms with Crippen molar-refractivity contribution >= 4 is 27.5 Å². The number of para-hydroxylation sites is 1. The minimum atomic E-state index is -3.73. The van der Waals surface area contributed by atoms with Crippen molar-refractivity contribution < 1.29 is 12.8 Å². The average molecular weight is 428 g/mol. The first-order valence-corrected chi connectivity index (χ1v) is 11.0. The number of hydrogen-bond acceptors (Lipinski definition) is 6. The fourth-order valence-corrected chi connectivity index (χ4v) is 4.79. The zero-order chi connectivity index (χ0) is 21.1.